The highest BCUT2D eigenvalue weighted by atomic mass is 16.1. The number of aromatic amines is 2. The van der Waals surface area contributed by atoms with Crippen LogP contribution in [-0.2, 0) is 0 Å². The zero-order chi connectivity index (χ0) is 33.7. The summed E-state index contributed by atoms with van der Waals surface area (Å²) in [7, 11) is 0. The summed E-state index contributed by atoms with van der Waals surface area (Å²) in [5, 5.41) is 0. The van der Waals surface area contributed by atoms with Crippen LogP contribution in [0.15, 0.2) is 71.0 Å². The van der Waals surface area contributed by atoms with Gasteiger partial charge in [0.2, 0.25) is 0 Å². The van der Waals surface area contributed by atoms with Gasteiger partial charge in [0.1, 0.15) is 0 Å². The molecule has 0 saturated carbocycles. The summed E-state index contributed by atoms with van der Waals surface area (Å²) in [4.78, 5) is 69.1. The van der Waals surface area contributed by atoms with E-state index in [9.17, 15) is 19.2 Å². The number of nitrogens with one attached hydrogen (secondary N) is 2. The van der Waals surface area contributed by atoms with E-state index in [2.05, 4.69) is 29.9 Å². The van der Waals surface area contributed by atoms with Gasteiger partial charge >= 0.3 is 0 Å². The molecule has 10 N–H and O–H groups in total. The fourth-order valence-electron chi connectivity index (χ4n) is 4.85. The number of nitrogens with zero attached hydrogens (tertiary/aromatic N) is 4. The Morgan fingerprint density at radius 1 is 0.630 bits per heavy atom. The highest BCUT2D eigenvalue weighted by molar-refractivity contribution is 6.10. The first-order valence-corrected chi connectivity index (χ1v) is 14.0. The van der Waals surface area contributed by atoms with Crippen molar-refractivity contribution in [3.05, 3.63) is 104 Å². The molecule has 4 heterocycles. The second-order valence-electron chi connectivity index (χ2n) is 9.69. The molecule has 0 aliphatic carbocycles. The molecule has 234 valence electrons. The number of carbonyl (C=O) groups excluding carboxylic acids is 2. The molecule has 14 heteroatoms. The Kier molecular flexibility index (Phi) is 9.51. The number of pyridine rings is 2. The number of nitrogens with two attached hydrogens (primary N) is 4. The van der Waals surface area contributed by atoms with E-state index in [1.54, 1.807) is 26.0 Å². The van der Waals surface area contributed by atoms with Gasteiger partial charge in [0.15, 0.2) is 0 Å². The average Bonchev–Trinajstić information content (AvgIpc) is 3.05. The van der Waals surface area contributed by atoms with Crippen molar-refractivity contribution in [2.75, 3.05) is 11.5 Å². The van der Waals surface area contributed by atoms with E-state index in [4.69, 9.17) is 22.9 Å². The molecule has 0 atom stereocenters. The molecule has 6 aromatic rings. The average molecular weight is 621 g/mol. The first-order chi connectivity index (χ1) is 22.0. The van der Waals surface area contributed by atoms with Crippen molar-refractivity contribution in [3.8, 4) is 22.3 Å². The maximum absolute atomic E-state index is 11.9. The Bertz CT molecular complexity index is 2080. The van der Waals surface area contributed by atoms with Crippen LogP contribution in [0.2, 0.25) is 0 Å². The number of nitrogen functional groups attached to an aromatic ring is 2. The SMILES string of the molecule is CC.Cc1c(-c2c(N)c(C(N)=O)cc3nccnc23)cc[nH]c1=O.Cc1c(-c2c(N)c(C(N)=O)cc3nccnc23)cc[nH]c1=O. The number of amides is 2. The summed E-state index contributed by atoms with van der Waals surface area (Å²) >= 11 is 0. The number of carbonyl (C=O) groups is 2. The van der Waals surface area contributed by atoms with Crippen LogP contribution in [0.5, 0.6) is 0 Å². The molecule has 0 fully saturated rings. The Hall–Kier alpha value is -6.44. The number of hydrogen-bond donors (Lipinski definition) is 6. The van der Waals surface area contributed by atoms with E-state index in [1.165, 1.54) is 49.3 Å². The molecule has 2 amide bonds. The van der Waals surface area contributed by atoms with Gasteiger partial charge in [0.25, 0.3) is 22.9 Å². The highest BCUT2D eigenvalue weighted by Gasteiger charge is 2.21. The number of rotatable bonds is 4. The zero-order valence-electron chi connectivity index (χ0n) is 25.5. The van der Waals surface area contributed by atoms with Crippen molar-refractivity contribution in [3.63, 3.8) is 0 Å². The Balaban J connectivity index is 0.000000198. The van der Waals surface area contributed by atoms with Gasteiger partial charge < -0.3 is 32.9 Å². The second kappa shape index (κ2) is 13.5. The van der Waals surface area contributed by atoms with Crippen LogP contribution in [0.1, 0.15) is 45.7 Å². The van der Waals surface area contributed by atoms with Crippen LogP contribution < -0.4 is 34.1 Å². The third-order valence-corrected chi connectivity index (χ3v) is 7.10. The van der Waals surface area contributed by atoms with Crippen LogP contribution in [0, 0.1) is 13.8 Å². The van der Waals surface area contributed by atoms with Gasteiger partial charge in [0, 0.05) is 59.4 Å². The molecular formula is C32H32N10O4. The summed E-state index contributed by atoms with van der Waals surface area (Å²) in [5.41, 5.74) is 28.3. The smallest absolute Gasteiger partial charge is 0.251 e. The lowest BCUT2D eigenvalue weighted by Gasteiger charge is -2.13. The fraction of sp³-hybridized carbons (Fsp3) is 0.125. The molecule has 6 rings (SSSR count). The van der Waals surface area contributed by atoms with Crippen LogP contribution in [0.4, 0.5) is 11.4 Å². The maximum atomic E-state index is 11.9. The maximum Gasteiger partial charge on any atom is 0.251 e. The third-order valence-electron chi connectivity index (χ3n) is 7.10. The zero-order valence-corrected chi connectivity index (χ0v) is 25.5. The predicted molar refractivity (Wildman–Crippen MR) is 178 cm³/mol. The summed E-state index contributed by atoms with van der Waals surface area (Å²) in [6.45, 7) is 7.35. The topological polar surface area (TPSA) is 255 Å². The standard InChI is InChI=1S/2C15H13N5O2.C2H6/c2*1-7-8(2-3-20-15(7)22)11-12(16)9(14(17)21)6-10-13(11)19-5-4-18-10;1-2/h2*2-6H,16H2,1H3,(H2,17,21)(H,20,22);1-2H3. The molecule has 0 saturated heterocycles. The minimum Gasteiger partial charge on any atom is -0.398 e. The largest absolute Gasteiger partial charge is 0.398 e. The van der Waals surface area contributed by atoms with Crippen molar-refractivity contribution in [2.45, 2.75) is 27.7 Å². The first kappa shape index (κ1) is 32.5. The number of anilines is 2. The van der Waals surface area contributed by atoms with Crippen LogP contribution in [0.25, 0.3) is 44.3 Å². The molecule has 2 aromatic carbocycles. The van der Waals surface area contributed by atoms with Crippen LogP contribution >= 0.6 is 0 Å². The third kappa shape index (κ3) is 5.99. The Morgan fingerprint density at radius 3 is 1.33 bits per heavy atom. The second-order valence-corrected chi connectivity index (χ2v) is 9.69. The summed E-state index contributed by atoms with van der Waals surface area (Å²) < 4.78 is 0. The van der Waals surface area contributed by atoms with Gasteiger partial charge in [-0.05, 0) is 49.2 Å². The Morgan fingerprint density at radius 2 is 0.978 bits per heavy atom. The fourth-order valence-corrected chi connectivity index (χ4v) is 4.85. The molecule has 0 aliphatic rings. The summed E-state index contributed by atoms with van der Waals surface area (Å²) in [6.07, 6.45) is 9.11. The minimum atomic E-state index is -0.659. The summed E-state index contributed by atoms with van der Waals surface area (Å²) in [5.74, 6) is -1.32. The molecule has 0 bridgehead atoms. The molecule has 0 radical (unpaired) electrons. The Labute approximate surface area is 261 Å². The van der Waals surface area contributed by atoms with E-state index in [-0.39, 0.29) is 33.6 Å². The molecule has 0 aliphatic heterocycles. The van der Waals surface area contributed by atoms with Crippen LogP contribution in [-0.4, -0.2) is 41.7 Å². The molecule has 0 spiro atoms. The monoisotopic (exact) mass is 620 g/mol. The number of aromatic nitrogens is 6. The van der Waals surface area contributed by atoms with Gasteiger partial charge in [0.05, 0.1) is 44.6 Å². The van der Waals surface area contributed by atoms with Gasteiger partial charge in [-0.25, -0.2) is 0 Å². The van der Waals surface area contributed by atoms with E-state index in [0.29, 0.717) is 55.4 Å². The normalized spacial score (nSPS) is 10.4. The quantitative estimate of drug-likeness (QED) is 0.157. The van der Waals surface area contributed by atoms with E-state index in [0.717, 1.165) is 0 Å². The van der Waals surface area contributed by atoms with Crippen molar-refractivity contribution in [1.82, 2.24) is 29.9 Å². The van der Waals surface area contributed by atoms with Gasteiger partial charge in [-0.3, -0.25) is 39.1 Å². The lowest BCUT2D eigenvalue weighted by molar-refractivity contribution is 0.0992. The van der Waals surface area contributed by atoms with Crippen molar-refractivity contribution in [2.24, 2.45) is 11.5 Å². The van der Waals surface area contributed by atoms with Crippen molar-refractivity contribution in [1.29, 1.82) is 0 Å². The van der Waals surface area contributed by atoms with Crippen LogP contribution in [0.3, 0.4) is 0 Å². The number of benzene rings is 2. The van der Waals surface area contributed by atoms with Gasteiger partial charge in [-0.2, -0.15) is 0 Å². The number of hydrogen-bond acceptors (Lipinski definition) is 10. The van der Waals surface area contributed by atoms with Gasteiger partial charge in [-0.15, -0.1) is 0 Å². The first-order valence-electron chi connectivity index (χ1n) is 14.0. The van der Waals surface area contributed by atoms with E-state index in [1.807, 2.05) is 13.8 Å². The van der Waals surface area contributed by atoms with Crippen molar-refractivity contribution < 1.29 is 9.59 Å². The molecular weight excluding hydrogens is 588 g/mol. The molecule has 14 nitrogen and oxygen atoms in total. The number of primary amides is 2. The highest BCUT2D eigenvalue weighted by Crippen LogP contribution is 2.36. The minimum absolute atomic E-state index is 0.155. The van der Waals surface area contributed by atoms with Gasteiger partial charge in [-0.1, -0.05) is 13.8 Å². The number of H-pyrrole nitrogens is 2. The van der Waals surface area contributed by atoms with E-state index < -0.39 is 11.8 Å². The molecule has 46 heavy (non-hydrogen) atoms. The van der Waals surface area contributed by atoms with E-state index >= 15 is 0 Å². The lowest BCUT2D eigenvalue weighted by atomic mass is 9.95. The lowest BCUT2D eigenvalue weighted by Crippen LogP contribution is -2.16. The van der Waals surface area contributed by atoms with Crippen molar-refractivity contribution >= 4 is 45.3 Å². The number of fused-ring (bicyclic) bond motifs is 2. The molecule has 0 unspecified atom stereocenters. The predicted octanol–water partition coefficient (Wildman–Crippen LogP) is 2.98. The molecule has 4 aromatic heterocycles. The summed E-state index contributed by atoms with van der Waals surface area (Å²) in [6, 6.07) is 6.43.